The smallest absolute Gasteiger partial charge is 0.410 e. The standard InChI is InChI=1S/C14H23F3N2O2/c1-5-18(8-14(15,16)17)11-9-6-19(7-10(9)11)12(20)21-13(2,3)4/h9-11H,5-8H2,1-4H3. The Labute approximate surface area is 123 Å². The van der Waals surface area contributed by atoms with E-state index in [1.165, 1.54) is 4.90 Å². The van der Waals surface area contributed by atoms with Crippen molar-refractivity contribution in [3.05, 3.63) is 0 Å². The van der Waals surface area contributed by atoms with Crippen molar-refractivity contribution in [2.24, 2.45) is 11.8 Å². The topological polar surface area (TPSA) is 32.8 Å². The molecule has 1 amide bonds. The first-order chi connectivity index (χ1) is 9.52. The van der Waals surface area contributed by atoms with Gasteiger partial charge in [-0.3, -0.25) is 4.90 Å². The summed E-state index contributed by atoms with van der Waals surface area (Å²) in [5.41, 5.74) is -0.547. The minimum atomic E-state index is -4.17. The molecule has 0 N–H and O–H groups in total. The maximum atomic E-state index is 12.5. The number of rotatable bonds is 3. The number of ether oxygens (including phenoxy) is 1. The number of piperidine rings is 1. The molecule has 0 bridgehead atoms. The van der Waals surface area contributed by atoms with Gasteiger partial charge in [0.05, 0.1) is 6.54 Å². The maximum absolute atomic E-state index is 12.5. The zero-order chi connectivity index (χ0) is 16.0. The molecule has 1 saturated heterocycles. The van der Waals surface area contributed by atoms with Gasteiger partial charge in [0, 0.05) is 19.1 Å². The van der Waals surface area contributed by atoms with Gasteiger partial charge in [-0.05, 0) is 39.2 Å². The number of alkyl halides is 3. The van der Waals surface area contributed by atoms with Crippen LogP contribution >= 0.6 is 0 Å². The minimum absolute atomic E-state index is 0.0460. The highest BCUT2D eigenvalue weighted by atomic mass is 19.4. The van der Waals surface area contributed by atoms with Crippen LogP contribution in [0.15, 0.2) is 0 Å². The lowest BCUT2D eigenvalue weighted by atomic mass is 10.2. The van der Waals surface area contributed by atoms with Crippen LogP contribution in [-0.4, -0.2) is 59.9 Å². The number of hydrogen-bond donors (Lipinski definition) is 0. The molecule has 2 rings (SSSR count). The summed E-state index contributed by atoms with van der Waals surface area (Å²) in [6.07, 6.45) is -4.54. The van der Waals surface area contributed by atoms with Crippen LogP contribution in [0.25, 0.3) is 0 Å². The number of likely N-dealkylation sites (tertiary alicyclic amines) is 1. The molecular formula is C14H23F3N2O2. The Morgan fingerprint density at radius 2 is 1.76 bits per heavy atom. The number of hydrogen-bond acceptors (Lipinski definition) is 3. The van der Waals surface area contributed by atoms with E-state index in [0.29, 0.717) is 19.6 Å². The summed E-state index contributed by atoms with van der Waals surface area (Å²) in [6.45, 7) is 7.64. The van der Waals surface area contributed by atoms with Gasteiger partial charge in [0.15, 0.2) is 0 Å². The van der Waals surface area contributed by atoms with E-state index in [4.69, 9.17) is 4.74 Å². The van der Waals surface area contributed by atoms with E-state index in [-0.39, 0.29) is 24.0 Å². The Morgan fingerprint density at radius 3 is 2.14 bits per heavy atom. The highest BCUT2D eigenvalue weighted by Gasteiger charge is 2.60. The van der Waals surface area contributed by atoms with Gasteiger partial charge >= 0.3 is 12.3 Å². The molecule has 0 aromatic rings. The molecular weight excluding hydrogens is 285 g/mol. The van der Waals surface area contributed by atoms with E-state index in [0.717, 1.165) is 0 Å². The normalized spacial score (nSPS) is 28.8. The fraction of sp³-hybridized carbons (Fsp3) is 0.929. The van der Waals surface area contributed by atoms with Gasteiger partial charge < -0.3 is 9.64 Å². The van der Waals surface area contributed by atoms with Crippen molar-refractivity contribution >= 4 is 6.09 Å². The molecule has 21 heavy (non-hydrogen) atoms. The summed E-state index contributed by atoms with van der Waals surface area (Å²) in [5.74, 6) is 0.305. The third-order valence-corrected chi connectivity index (χ3v) is 4.01. The lowest BCUT2D eigenvalue weighted by molar-refractivity contribution is -0.148. The molecule has 1 aliphatic carbocycles. The number of amides is 1. The van der Waals surface area contributed by atoms with Crippen molar-refractivity contribution in [2.45, 2.75) is 45.5 Å². The molecule has 1 saturated carbocycles. The summed E-state index contributed by atoms with van der Waals surface area (Å²) in [6, 6.07) is -0.0460. The molecule has 0 aromatic carbocycles. The second kappa shape index (κ2) is 5.34. The van der Waals surface area contributed by atoms with Crippen LogP contribution in [-0.2, 0) is 4.74 Å². The molecule has 2 fully saturated rings. The molecule has 0 aromatic heterocycles. The lowest BCUT2D eigenvalue weighted by Gasteiger charge is -2.28. The van der Waals surface area contributed by atoms with Crippen LogP contribution in [0.2, 0.25) is 0 Å². The Bertz CT molecular complexity index is 394. The molecule has 2 unspecified atom stereocenters. The van der Waals surface area contributed by atoms with E-state index in [1.807, 2.05) is 0 Å². The highest BCUT2D eigenvalue weighted by Crippen LogP contribution is 2.49. The van der Waals surface area contributed by atoms with E-state index in [9.17, 15) is 18.0 Å². The van der Waals surface area contributed by atoms with Crippen molar-refractivity contribution in [1.82, 2.24) is 9.80 Å². The molecule has 2 atom stereocenters. The Hall–Kier alpha value is -0.980. The van der Waals surface area contributed by atoms with E-state index < -0.39 is 18.3 Å². The largest absolute Gasteiger partial charge is 0.444 e. The third-order valence-electron chi connectivity index (χ3n) is 4.01. The molecule has 4 nitrogen and oxygen atoms in total. The van der Waals surface area contributed by atoms with Gasteiger partial charge in [-0.1, -0.05) is 6.92 Å². The Morgan fingerprint density at radius 1 is 1.24 bits per heavy atom. The number of carbonyl (C=O) groups excluding carboxylic acids is 1. The predicted octanol–water partition coefficient (Wildman–Crippen LogP) is 2.74. The van der Waals surface area contributed by atoms with Gasteiger partial charge in [-0.2, -0.15) is 13.2 Å². The molecule has 122 valence electrons. The average molecular weight is 308 g/mol. The van der Waals surface area contributed by atoms with Crippen LogP contribution in [0.5, 0.6) is 0 Å². The monoisotopic (exact) mass is 308 g/mol. The summed E-state index contributed by atoms with van der Waals surface area (Å²) < 4.78 is 42.9. The SMILES string of the molecule is CCN(CC(F)(F)F)C1C2CN(C(=O)OC(C)(C)C)CC21. The number of carbonyl (C=O) groups is 1. The van der Waals surface area contributed by atoms with Crippen LogP contribution in [0.1, 0.15) is 27.7 Å². The first-order valence-electron chi connectivity index (χ1n) is 7.30. The number of halogens is 3. The van der Waals surface area contributed by atoms with Crippen molar-refractivity contribution < 1.29 is 22.7 Å². The molecule has 1 aliphatic heterocycles. The molecule has 0 spiro atoms. The maximum Gasteiger partial charge on any atom is 0.410 e. The summed E-state index contributed by atoms with van der Waals surface area (Å²) in [4.78, 5) is 15.0. The fourth-order valence-electron chi connectivity index (χ4n) is 3.17. The minimum Gasteiger partial charge on any atom is -0.444 e. The van der Waals surface area contributed by atoms with Gasteiger partial charge in [-0.25, -0.2) is 4.79 Å². The average Bonchev–Trinajstić information content (AvgIpc) is 2.77. The van der Waals surface area contributed by atoms with Crippen molar-refractivity contribution in [1.29, 1.82) is 0 Å². The quantitative estimate of drug-likeness (QED) is 0.804. The second-order valence-corrected chi connectivity index (χ2v) is 6.88. The first kappa shape index (κ1) is 16.4. The Balaban J connectivity index is 1.85. The van der Waals surface area contributed by atoms with Crippen molar-refractivity contribution in [3.8, 4) is 0 Å². The van der Waals surface area contributed by atoms with E-state index in [1.54, 1.807) is 32.6 Å². The molecule has 0 radical (unpaired) electrons. The summed E-state index contributed by atoms with van der Waals surface area (Å²) in [7, 11) is 0. The highest BCUT2D eigenvalue weighted by molar-refractivity contribution is 5.69. The predicted molar refractivity (Wildman–Crippen MR) is 71.9 cm³/mol. The van der Waals surface area contributed by atoms with Gasteiger partial charge in [0.25, 0.3) is 0 Å². The van der Waals surface area contributed by atoms with Gasteiger partial charge in [-0.15, -0.1) is 0 Å². The molecule has 1 heterocycles. The van der Waals surface area contributed by atoms with Gasteiger partial charge in [0.2, 0.25) is 0 Å². The number of nitrogens with zero attached hydrogens (tertiary/aromatic N) is 2. The fourth-order valence-corrected chi connectivity index (χ4v) is 3.17. The summed E-state index contributed by atoms with van der Waals surface area (Å²) >= 11 is 0. The van der Waals surface area contributed by atoms with Crippen LogP contribution in [0, 0.1) is 11.8 Å². The van der Waals surface area contributed by atoms with Crippen LogP contribution in [0.3, 0.4) is 0 Å². The van der Waals surface area contributed by atoms with E-state index in [2.05, 4.69) is 0 Å². The van der Waals surface area contributed by atoms with Crippen LogP contribution in [0.4, 0.5) is 18.0 Å². The van der Waals surface area contributed by atoms with Crippen LogP contribution < -0.4 is 0 Å². The third kappa shape index (κ3) is 4.02. The zero-order valence-electron chi connectivity index (χ0n) is 12.9. The first-order valence-corrected chi connectivity index (χ1v) is 7.30. The Kier molecular flexibility index (Phi) is 4.17. The van der Waals surface area contributed by atoms with Gasteiger partial charge in [0.1, 0.15) is 5.60 Å². The number of fused-ring (bicyclic) bond motifs is 1. The lowest BCUT2D eigenvalue weighted by Crippen LogP contribution is -2.42. The van der Waals surface area contributed by atoms with Crippen molar-refractivity contribution in [2.75, 3.05) is 26.2 Å². The summed E-state index contributed by atoms with van der Waals surface area (Å²) in [5, 5.41) is 0. The van der Waals surface area contributed by atoms with Crippen molar-refractivity contribution in [3.63, 3.8) is 0 Å². The molecule has 2 aliphatic rings. The zero-order valence-corrected chi connectivity index (χ0v) is 12.9. The second-order valence-electron chi connectivity index (χ2n) is 6.88. The molecule has 7 heteroatoms. The van der Waals surface area contributed by atoms with E-state index >= 15 is 0 Å².